The number of benzene rings is 9. The summed E-state index contributed by atoms with van der Waals surface area (Å²) in [5.41, 5.74) is 20.1. The topological polar surface area (TPSA) is 23.0 Å². The van der Waals surface area contributed by atoms with Gasteiger partial charge in [0.25, 0.3) is 0 Å². The van der Waals surface area contributed by atoms with E-state index in [1.807, 2.05) is 0 Å². The van der Waals surface area contributed by atoms with E-state index in [4.69, 9.17) is 4.42 Å². The normalized spacial score (nSPS) is 14.6. The first-order chi connectivity index (χ1) is 31.3. The standard InChI is InChI=1S/C60H38N2O/c1-4-18-38(19-5-1)55-43-24-10-11-25-44(43)56-46-27-13-16-30-51(46)62(59(55)56)42-33-35-54-49(37-42)48-36-41(32-34-53(48)63-54)61-52-31-17-14-28-47(52)57-58(61)45-26-12-15-29-50(45)60(57,39-20-6-2-7-21-39)40-22-8-3-9-23-40/h1-37,55H. The number of para-hydroxylation sites is 2. The van der Waals surface area contributed by atoms with E-state index in [1.54, 1.807) is 0 Å². The maximum atomic E-state index is 6.69. The summed E-state index contributed by atoms with van der Waals surface area (Å²) in [4.78, 5) is 0. The quantitative estimate of drug-likeness (QED) is 0.170. The average molecular weight is 803 g/mol. The highest BCUT2D eigenvalue weighted by Gasteiger charge is 2.49. The summed E-state index contributed by atoms with van der Waals surface area (Å²) >= 11 is 0. The number of nitrogens with zero attached hydrogens (tertiary/aromatic N) is 2. The molecule has 3 heteroatoms. The van der Waals surface area contributed by atoms with Gasteiger partial charge in [-0.3, -0.25) is 0 Å². The predicted octanol–water partition coefficient (Wildman–Crippen LogP) is 15.0. The zero-order valence-corrected chi connectivity index (χ0v) is 34.2. The fraction of sp³-hybridized carbons (Fsp3) is 0.0333. The molecule has 0 bridgehead atoms. The molecule has 9 aromatic carbocycles. The molecular weight excluding hydrogens is 765 g/mol. The van der Waals surface area contributed by atoms with E-state index in [0.717, 1.165) is 33.3 Å². The Bertz CT molecular complexity index is 3750. The first-order valence-electron chi connectivity index (χ1n) is 21.9. The molecule has 3 heterocycles. The first kappa shape index (κ1) is 34.6. The Labute approximate surface area is 364 Å². The van der Waals surface area contributed by atoms with Crippen LogP contribution in [-0.4, -0.2) is 9.13 Å². The third-order valence-corrected chi connectivity index (χ3v) is 14.1. The zero-order chi connectivity index (χ0) is 41.2. The smallest absolute Gasteiger partial charge is 0.135 e. The predicted molar refractivity (Wildman–Crippen MR) is 258 cm³/mol. The molecule has 1 unspecified atom stereocenters. The van der Waals surface area contributed by atoms with Crippen LogP contribution in [0, 0.1) is 0 Å². The summed E-state index contributed by atoms with van der Waals surface area (Å²) < 4.78 is 11.7. The number of furan rings is 1. The second-order valence-corrected chi connectivity index (χ2v) is 17.1. The Morgan fingerprint density at radius 3 is 1.62 bits per heavy atom. The summed E-state index contributed by atoms with van der Waals surface area (Å²) in [6.07, 6.45) is 0. The SMILES string of the molecule is c1ccc(C2c3ccccc3-c3c2n(-c2ccc4oc5ccc(-n6c7c(c8ccccc86)C(c6ccccc6)(c6ccccc6)c6ccccc6-7)cc5c4c2)c2ccccc32)cc1. The number of rotatable bonds is 5. The van der Waals surface area contributed by atoms with Gasteiger partial charge in [0.2, 0.25) is 0 Å². The molecule has 63 heavy (non-hydrogen) atoms. The van der Waals surface area contributed by atoms with Crippen LogP contribution in [0.2, 0.25) is 0 Å². The molecule has 0 fully saturated rings. The van der Waals surface area contributed by atoms with Gasteiger partial charge >= 0.3 is 0 Å². The highest BCUT2D eigenvalue weighted by atomic mass is 16.3. The van der Waals surface area contributed by atoms with Crippen LogP contribution in [0.25, 0.3) is 77.5 Å². The maximum Gasteiger partial charge on any atom is 0.135 e. The molecule has 0 N–H and O–H groups in total. The number of hydrogen-bond acceptors (Lipinski definition) is 1. The van der Waals surface area contributed by atoms with Crippen LogP contribution in [0.4, 0.5) is 0 Å². The molecule has 12 aromatic rings. The fourth-order valence-electron chi connectivity index (χ4n) is 11.7. The molecule has 3 aromatic heterocycles. The molecule has 0 amide bonds. The third-order valence-electron chi connectivity index (χ3n) is 14.1. The van der Waals surface area contributed by atoms with E-state index >= 15 is 0 Å². The van der Waals surface area contributed by atoms with Crippen molar-refractivity contribution in [2.24, 2.45) is 0 Å². The van der Waals surface area contributed by atoms with E-state index in [9.17, 15) is 0 Å². The third kappa shape index (κ3) is 4.58. The van der Waals surface area contributed by atoms with Crippen molar-refractivity contribution in [3.63, 3.8) is 0 Å². The molecule has 2 aliphatic rings. The summed E-state index contributed by atoms with van der Waals surface area (Å²) in [6.45, 7) is 0. The van der Waals surface area contributed by atoms with Crippen molar-refractivity contribution in [3.8, 4) is 33.8 Å². The highest BCUT2D eigenvalue weighted by Crippen LogP contribution is 2.60. The van der Waals surface area contributed by atoms with Crippen LogP contribution in [-0.2, 0) is 5.41 Å². The lowest BCUT2D eigenvalue weighted by atomic mass is 9.67. The lowest BCUT2D eigenvalue weighted by Gasteiger charge is -2.33. The molecule has 0 aliphatic heterocycles. The lowest BCUT2D eigenvalue weighted by molar-refractivity contribution is 0.668. The molecule has 0 radical (unpaired) electrons. The van der Waals surface area contributed by atoms with Crippen LogP contribution < -0.4 is 0 Å². The van der Waals surface area contributed by atoms with Crippen LogP contribution in [0.3, 0.4) is 0 Å². The number of aromatic nitrogens is 2. The Morgan fingerprint density at radius 1 is 0.413 bits per heavy atom. The van der Waals surface area contributed by atoms with Gasteiger partial charge in [-0.25, -0.2) is 0 Å². The lowest BCUT2D eigenvalue weighted by Crippen LogP contribution is -2.28. The Balaban J connectivity index is 1.02. The van der Waals surface area contributed by atoms with E-state index < -0.39 is 5.41 Å². The molecule has 294 valence electrons. The Kier molecular flexibility index (Phi) is 7.10. The molecule has 1 atom stereocenters. The van der Waals surface area contributed by atoms with Gasteiger partial charge in [0.1, 0.15) is 11.2 Å². The zero-order valence-electron chi connectivity index (χ0n) is 34.2. The van der Waals surface area contributed by atoms with Crippen LogP contribution in [0.5, 0.6) is 0 Å². The van der Waals surface area contributed by atoms with Crippen molar-refractivity contribution in [3.05, 3.63) is 264 Å². The highest BCUT2D eigenvalue weighted by molar-refractivity contribution is 6.09. The van der Waals surface area contributed by atoms with Crippen molar-refractivity contribution < 1.29 is 4.42 Å². The second kappa shape index (κ2) is 12.9. The summed E-state index contributed by atoms with van der Waals surface area (Å²) in [7, 11) is 0. The average Bonchev–Trinajstić information content (AvgIpc) is 4.14. The van der Waals surface area contributed by atoms with E-state index in [0.29, 0.717) is 0 Å². The minimum Gasteiger partial charge on any atom is -0.456 e. The molecule has 0 saturated carbocycles. The summed E-state index contributed by atoms with van der Waals surface area (Å²) in [6, 6.07) is 82.5. The van der Waals surface area contributed by atoms with Crippen molar-refractivity contribution in [1.82, 2.24) is 9.13 Å². The summed E-state index contributed by atoms with van der Waals surface area (Å²) in [5, 5.41) is 4.71. The van der Waals surface area contributed by atoms with Crippen LogP contribution >= 0.6 is 0 Å². The summed E-state index contributed by atoms with van der Waals surface area (Å²) in [5.74, 6) is 0.0964. The monoisotopic (exact) mass is 802 g/mol. The molecular formula is C60H38N2O. The molecule has 14 rings (SSSR count). The first-order valence-corrected chi connectivity index (χ1v) is 21.9. The van der Waals surface area contributed by atoms with Gasteiger partial charge in [0, 0.05) is 55.3 Å². The minimum atomic E-state index is -0.516. The van der Waals surface area contributed by atoms with Crippen molar-refractivity contribution in [2.45, 2.75) is 11.3 Å². The number of fused-ring (bicyclic) bond motifs is 13. The number of hydrogen-bond donors (Lipinski definition) is 0. The van der Waals surface area contributed by atoms with E-state index in [1.165, 1.54) is 83.3 Å². The van der Waals surface area contributed by atoms with Gasteiger partial charge < -0.3 is 13.6 Å². The van der Waals surface area contributed by atoms with Gasteiger partial charge in [0.05, 0.1) is 28.1 Å². The van der Waals surface area contributed by atoms with E-state index in [2.05, 4.69) is 234 Å². The molecule has 0 spiro atoms. The van der Waals surface area contributed by atoms with Gasteiger partial charge in [-0.05, 0) is 81.9 Å². The largest absolute Gasteiger partial charge is 0.456 e. The van der Waals surface area contributed by atoms with Crippen LogP contribution in [0.1, 0.15) is 45.0 Å². The van der Waals surface area contributed by atoms with Crippen molar-refractivity contribution in [1.29, 1.82) is 0 Å². The van der Waals surface area contributed by atoms with Crippen molar-refractivity contribution in [2.75, 3.05) is 0 Å². The van der Waals surface area contributed by atoms with Crippen molar-refractivity contribution >= 4 is 43.7 Å². The van der Waals surface area contributed by atoms with Crippen LogP contribution in [0.15, 0.2) is 229 Å². The molecule has 3 nitrogen and oxygen atoms in total. The fourth-order valence-corrected chi connectivity index (χ4v) is 11.7. The minimum absolute atomic E-state index is 0.0964. The maximum absolute atomic E-state index is 6.69. The second-order valence-electron chi connectivity index (χ2n) is 17.1. The van der Waals surface area contributed by atoms with Gasteiger partial charge in [-0.15, -0.1) is 0 Å². The molecule has 0 saturated heterocycles. The van der Waals surface area contributed by atoms with Gasteiger partial charge in [-0.1, -0.05) is 176 Å². The van der Waals surface area contributed by atoms with Gasteiger partial charge in [0.15, 0.2) is 0 Å². The van der Waals surface area contributed by atoms with E-state index in [-0.39, 0.29) is 5.92 Å². The Morgan fingerprint density at radius 2 is 0.937 bits per heavy atom. The Hall–Kier alpha value is -8.14. The van der Waals surface area contributed by atoms with Gasteiger partial charge in [-0.2, -0.15) is 0 Å². The molecule has 2 aliphatic carbocycles.